The monoisotopic (exact) mass is 364 g/mol. The van der Waals surface area contributed by atoms with Gasteiger partial charge in [-0.25, -0.2) is 0 Å². The quantitative estimate of drug-likeness (QED) is 0.484. The minimum Gasteiger partial charge on any atom is -0.497 e. The van der Waals surface area contributed by atoms with Crippen LogP contribution in [-0.4, -0.2) is 19.5 Å². The average Bonchev–Trinajstić information content (AvgIpc) is 2.83. The highest BCUT2D eigenvalue weighted by Gasteiger charge is 2.41. The largest absolute Gasteiger partial charge is 0.497 e. The van der Waals surface area contributed by atoms with Gasteiger partial charge >= 0.3 is 0 Å². The SMILES string of the molecule is CCCCOc1cc2c(cc1C)C(=O)C(=Cc1ccc(OC)cc1)C2(C)C. The molecule has 0 fully saturated rings. The summed E-state index contributed by atoms with van der Waals surface area (Å²) in [6.07, 6.45) is 4.12. The predicted octanol–water partition coefficient (Wildman–Crippen LogP) is 5.74. The van der Waals surface area contributed by atoms with Crippen LogP contribution >= 0.6 is 0 Å². The second-order valence-corrected chi connectivity index (χ2v) is 7.65. The van der Waals surface area contributed by atoms with Crippen molar-refractivity contribution in [3.63, 3.8) is 0 Å². The van der Waals surface area contributed by atoms with Crippen LogP contribution in [0.25, 0.3) is 6.08 Å². The van der Waals surface area contributed by atoms with Gasteiger partial charge in [0, 0.05) is 16.6 Å². The third-order valence-corrected chi connectivity index (χ3v) is 5.33. The van der Waals surface area contributed by atoms with Gasteiger partial charge in [-0.15, -0.1) is 0 Å². The second-order valence-electron chi connectivity index (χ2n) is 7.65. The van der Waals surface area contributed by atoms with Crippen LogP contribution in [0.15, 0.2) is 42.0 Å². The van der Waals surface area contributed by atoms with Gasteiger partial charge in [-0.3, -0.25) is 4.79 Å². The van der Waals surface area contributed by atoms with E-state index in [0.717, 1.165) is 52.2 Å². The molecule has 2 aromatic rings. The smallest absolute Gasteiger partial charge is 0.190 e. The topological polar surface area (TPSA) is 35.5 Å². The number of allylic oxidation sites excluding steroid dienone is 1. The minimum atomic E-state index is -0.358. The van der Waals surface area contributed by atoms with Crippen molar-refractivity contribution in [2.75, 3.05) is 13.7 Å². The van der Waals surface area contributed by atoms with Crippen molar-refractivity contribution in [2.45, 2.75) is 46.0 Å². The van der Waals surface area contributed by atoms with E-state index in [0.29, 0.717) is 6.61 Å². The number of ketones is 1. The molecule has 3 heteroatoms. The number of hydrogen-bond donors (Lipinski definition) is 0. The van der Waals surface area contributed by atoms with Gasteiger partial charge in [0.25, 0.3) is 0 Å². The van der Waals surface area contributed by atoms with Crippen molar-refractivity contribution in [3.8, 4) is 11.5 Å². The molecule has 0 spiro atoms. The number of ether oxygens (including phenoxy) is 2. The number of benzene rings is 2. The highest BCUT2D eigenvalue weighted by atomic mass is 16.5. The van der Waals surface area contributed by atoms with Gasteiger partial charge in [0.15, 0.2) is 5.78 Å². The molecule has 2 aromatic carbocycles. The molecule has 3 rings (SSSR count). The Bertz CT molecular complexity index is 873. The molecule has 142 valence electrons. The van der Waals surface area contributed by atoms with E-state index in [1.54, 1.807) is 7.11 Å². The summed E-state index contributed by atoms with van der Waals surface area (Å²) in [6, 6.07) is 11.8. The Labute approximate surface area is 162 Å². The van der Waals surface area contributed by atoms with E-state index < -0.39 is 0 Å². The number of aryl methyl sites for hydroxylation is 1. The molecule has 0 aliphatic heterocycles. The Morgan fingerprint density at radius 3 is 2.44 bits per heavy atom. The molecule has 0 bridgehead atoms. The van der Waals surface area contributed by atoms with Gasteiger partial charge in [-0.1, -0.05) is 39.3 Å². The molecule has 0 saturated carbocycles. The van der Waals surface area contributed by atoms with Crippen LogP contribution in [0.2, 0.25) is 0 Å². The predicted molar refractivity (Wildman–Crippen MR) is 110 cm³/mol. The van der Waals surface area contributed by atoms with E-state index in [4.69, 9.17) is 9.47 Å². The van der Waals surface area contributed by atoms with E-state index in [-0.39, 0.29) is 11.2 Å². The average molecular weight is 364 g/mol. The fraction of sp³-hybridized carbons (Fsp3) is 0.375. The van der Waals surface area contributed by atoms with Crippen LogP contribution in [0.4, 0.5) is 0 Å². The maximum Gasteiger partial charge on any atom is 0.190 e. The van der Waals surface area contributed by atoms with Crippen molar-refractivity contribution in [2.24, 2.45) is 0 Å². The Hall–Kier alpha value is -2.55. The van der Waals surface area contributed by atoms with Crippen molar-refractivity contribution >= 4 is 11.9 Å². The van der Waals surface area contributed by atoms with Gasteiger partial charge in [-0.2, -0.15) is 0 Å². The first kappa shape index (κ1) is 19.2. The normalized spacial score (nSPS) is 16.5. The second kappa shape index (κ2) is 7.59. The third-order valence-electron chi connectivity index (χ3n) is 5.33. The summed E-state index contributed by atoms with van der Waals surface area (Å²) in [5, 5.41) is 0. The molecule has 0 aromatic heterocycles. The van der Waals surface area contributed by atoms with Crippen molar-refractivity contribution in [1.82, 2.24) is 0 Å². The number of unbranched alkanes of at least 4 members (excludes halogenated alkanes) is 1. The fourth-order valence-electron chi connectivity index (χ4n) is 3.56. The van der Waals surface area contributed by atoms with Gasteiger partial charge < -0.3 is 9.47 Å². The zero-order valence-electron chi connectivity index (χ0n) is 16.9. The van der Waals surface area contributed by atoms with E-state index >= 15 is 0 Å². The third kappa shape index (κ3) is 3.64. The number of hydrogen-bond acceptors (Lipinski definition) is 3. The fourth-order valence-corrected chi connectivity index (χ4v) is 3.56. The lowest BCUT2D eigenvalue weighted by atomic mass is 9.81. The summed E-state index contributed by atoms with van der Waals surface area (Å²) in [5.74, 6) is 1.80. The standard InChI is InChI=1S/C24H28O3/c1-6-7-12-27-22-15-20-19(13-16(22)2)23(25)21(24(20,3)4)14-17-8-10-18(26-5)11-9-17/h8-11,13-15H,6-7,12H2,1-5H3. The number of carbonyl (C=O) groups excluding carboxylic acids is 1. The molecule has 0 atom stereocenters. The minimum absolute atomic E-state index is 0.106. The summed E-state index contributed by atoms with van der Waals surface area (Å²) in [4.78, 5) is 13.1. The summed E-state index contributed by atoms with van der Waals surface area (Å²) in [7, 11) is 1.65. The number of fused-ring (bicyclic) bond motifs is 1. The Kier molecular flexibility index (Phi) is 5.41. The molecule has 1 aliphatic rings. The number of methoxy groups -OCH3 is 1. The first-order valence-corrected chi connectivity index (χ1v) is 9.57. The molecular formula is C24H28O3. The number of Topliss-reactive ketones (excluding diaryl/α,β-unsaturated/α-hetero) is 1. The maximum atomic E-state index is 13.1. The Balaban J connectivity index is 1.98. The lowest BCUT2D eigenvalue weighted by Crippen LogP contribution is -2.17. The van der Waals surface area contributed by atoms with Gasteiger partial charge in [0.05, 0.1) is 13.7 Å². The lowest BCUT2D eigenvalue weighted by molar-refractivity contribution is 0.103. The molecule has 0 saturated heterocycles. The van der Waals surface area contributed by atoms with E-state index in [1.165, 1.54) is 0 Å². The molecule has 3 nitrogen and oxygen atoms in total. The summed E-state index contributed by atoms with van der Waals surface area (Å²) < 4.78 is 11.2. The zero-order valence-corrected chi connectivity index (χ0v) is 16.9. The Morgan fingerprint density at radius 2 is 1.81 bits per heavy atom. The highest BCUT2D eigenvalue weighted by molar-refractivity contribution is 6.17. The summed E-state index contributed by atoms with van der Waals surface area (Å²) in [5.41, 5.74) is 4.30. The van der Waals surface area contributed by atoms with E-state index in [2.05, 4.69) is 26.8 Å². The first-order valence-electron chi connectivity index (χ1n) is 9.57. The highest BCUT2D eigenvalue weighted by Crippen LogP contribution is 2.45. The Morgan fingerprint density at radius 1 is 1.11 bits per heavy atom. The van der Waals surface area contributed by atoms with Gasteiger partial charge in [0.2, 0.25) is 0 Å². The van der Waals surface area contributed by atoms with Crippen LogP contribution in [0.1, 0.15) is 60.7 Å². The maximum absolute atomic E-state index is 13.1. The molecule has 27 heavy (non-hydrogen) atoms. The molecule has 1 aliphatic carbocycles. The summed E-state index contributed by atoms with van der Waals surface area (Å²) >= 11 is 0. The molecule has 0 radical (unpaired) electrons. The van der Waals surface area contributed by atoms with Gasteiger partial charge in [-0.05, 0) is 60.4 Å². The van der Waals surface area contributed by atoms with Gasteiger partial charge in [0.1, 0.15) is 11.5 Å². The van der Waals surface area contributed by atoms with Crippen LogP contribution in [0.3, 0.4) is 0 Å². The van der Waals surface area contributed by atoms with E-state index in [9.17, 15) is 4.79 Å². The first-order chi connectivity index (χ1) is 12.9. The molecule has 0 amide bonds. The molecule has 0 N–H and O–H groups in total. The van der Waals surface area contributed by atoms with Crippen LogP contribution in [-0.2, 0) is 5.41 Å². The number of carbonyl (C=O) groups is 1. The van der Waals surface area contributed by atoms with Crippen LogP contribution < -0.4 is 9.47 Å². The number of rotatable bonds is 6. The van der Waals surface area contributed by atoms with Crippen LogP contribution in [0, 0.1) is 6.92 Å². The van der Waals surface area contributed by atoms with Crippen molar-refractivity contribution in [1.29, 1.82) is 0 Å². The molecule has 0 unspecified atom stereocenters. The molecular weight excluding hydrogens is 336 g/mol. The van der Waals surface area contributed by atoms with E-state index in [1.807, 2.05) is 43.3 Å². The van der Waals surface area contributed by atoms with Crippen LogP contribution in [0.5, 0.6) is 11.5 Å². The molecule has 0 heterocycles. The zero-order chi connectivity index (χ0) is 19.6. The lowest BCUT2D eigenvalue weighted by Gasteiger charge is -2.22. The summed E-state index contributed by atoms with van der Waals surface area (Å²) in [6.45, 7) is 9.08. The van der Waals surface area contributed by atoms with Crippen molar-refractivity contribution in [3.05, 3.63) is 64.2 Å². The van der Waals surface area contributed by atoms with Crippen molar-refractivity contribution < 1.29 is 14.3 Å².